The smallest absolute Gasteiger partial charge is 0.303 e. The first-order valence-electron chi connectivity index (χ1n) is 4.31. The third-order valence-corrected chi connectivity index (χ3v) is 1.85. The minimum Gasteiger partial charge on any atom is -0.481 e. The molecule has 2 nitrogen and oxygen atoms in total. The van der Waals surface area contributed by atoms with Crippen molar-refractivity contribution in [2.45, 2.75) is 40.0 Å². The fourth-order valence-corrected chi connectivity index (χ4v) is 1.14. The second-order valence-electron chi connectivity index (χ2n) is 3.84. The molecule has 2 heteroatoms. The minimum atomic E-state index is -0.708. The summed E-state index contributed by atoms with van der Waals surface area (Å²) in [5.41, 5.74) is -0.0780. The minimum absolute atomic E-state index is 0.0780. The van der Waals surface area contributed by atoms with Gasteiger partial charge in [-0.1, -0.05) is 26.0 Å². The van der Waals surface area contributed by atoms with Crippen LogP contribution in [0.25, 0.3) is 0 Å². The van der Waals surface area contributed by atoms with Crippen molar-refractivity contribution in [3.05, 3.63) is 12.2 Å². The maximum Gasteiger partial charge on any atom is 0.303 e. The molecule has 0 aliphatic carbocycles. The molecule has 0 aromatic carbocycles. The molecule has 0 unspecified atom stereocenters. The maximum absolute atomic E-state index is 10.4. The van der Waals surface area contributed by atoms with E-state index >= 15 is 0 Å². The van der Waals surface area contributed by atoms with Gasteiger partial charge in [0.2, 0.25) is 0 Å². The van der Waals surface area contributed by atoms with Gasteiger partial charge in [0.1, 0.15) is 0 Å². The lowest BCUT2D eigenvalue weighted by atomic mass is 9.84. The molecule has 12 heavy (non-hydrogen) atoms. The summed E-state index contributed by atoms with van der Waals surface area (Å²) in [6.45, 7) is 5.96. The topological polar surface area (TPSA) is 37.3 Å². The molecule has 0 aliphatic rings. The molecular weight excluding hydrogens is 152 g/mol. The molecule has 0 aromatic rings. The summed E-state index contributed by atoms with van der Waals surface area (Å²) < 4.78 is 0. The normalized spacial score (nSPS) is 12.2. The maximum atomic E-state index is 10.4. The van der Waals surface area contributed by atoms with E-state index in [4.69, 9.17) is 5.11 Å². The van der Waals surface area contributed by atoms with Crippen LogP contribution in [0.1, 0.15) is 40.0 Å². The molecule has 0 aromatic heterocycles. The first-order chi connectivity index (χ1) is 5.48. The van der Waals surface area contributed by atoms with E-state index in [2.05, 4.69) is 6.08 Å². The number of carboxylic acids is 1. The second-order valence-corrected chi connectivity index (χ2v) is 3.84. The van der Waals surface area contributed by atoms with Crippen LogP contribution in [0.3, 0.4) is 0 Å². The first-order valence-corrected chi connectivity index (χ1v) is 4.31. The quantitative estimate of drug-likeness (QED) is 0.644. The van der Waals surface area contributed by atoms with E-state index in [-0.39, 0.29) is 11.8 Å². The zero-order valence-electron chi connectivity index (χ0n) is 8.13. The van der Waals surface area contributed by atoms with E-state index in [0.29, 0.717) is 0 Å². The van der Waals surface area contributed by atoms with Crippen molar-refractivity contribution in [3.8, 4) is 0 Å². The zero-order valence-corrected chi connectivity index (χ0v) is 8.13. The Balaban J connectivity index is 3.78. The largest absolute Gasteiger partial charge is 0.481 e. The van der Waals surface area contributed by atoms with Crippen molar-refractivity contribution in [1.82, 2.24) is 0 Å². The van der Waals surface area contributed by atoms with Crippen LogP contribution in [-0.4, -0.2) is 11.1 Å². The molecule has 0 fully saturated rings. The van der Waals surface area contributed by atoms with Gasteiger partial charge in [-0.25, -0.2) is 0 Å². The Morgan fingerprint density at radius 1 is 1.50 bits per heavy atom. The van der Waals surface area contributed by atoms with Gasteiger partial charge in [-0.3, -0.25) is 4.79 Å². The fraction of sp³-hybridized carbons (Fsp3) is 0.700. The number of aliphatic carboxylic acids is 1. The summed E-state index contributed by atoms with van der Waals surface area (Å²) in [6, 6.07) is 0. The average molecular weight is 170 g/mol. The summed E-state index contributed by atoms with van der Waals surface area (Å²) in [5.74, 6) is -0.708. The summed E-state index contributed by atoms with van der Waals surface area (Å²) in [5, 5.41) is 8.59. The van der Waals surface area contributed by atoms with Crippen LogP contribution in [0.5, 0.6) is 0 Å². The molecule has 1 N–H and O–H groups in total. The molecule has 70 valence electrons. The summed E-state index contributed by atoms with van der Waals surface area (Å²) >= 11 is 0. The zero-order chi connectivity index (χ0) is 9.61. The molecule has 0 bridgehead atoms. The summed E-state index contributed by atoms with van der Waals surface area (Å²) in [6.07, 6.45) is 6.23. The van der Waals surface area contributed by atoms with E-state index in [1.54, 1.807) is 0 Å². The Hall–Kier alpha value is -0.790. The van der Waals surface area contributed by atoms with Gasteiger partial charge in [0.25, 0.3) is 0 Å². The van der Waals surface area contributed by atoms with Gasteiger partial charge >= 0.3 is 5.97 Å². The predicted octanol–water partition coefficient (Wildman–Crippen LogP) is 2.84. The first kappa shape index (κ1) is 11.2. The number of hydrogen-bond donors (Lipinski definition) is 1. The standard InChI is InChI=1S/C10H18O2/c1-4-5-6-7-10(2,3)8-9(11)12/h4-5H,6-8H2,1-3H3,(H,11,12)/b5-4+. The van der Waals surface area contributed by atoms with Gasteiger partial charge in [-0.05, 0) is 25.2 Å². The van der Waals surface area contributed by atoms with E-state index in [9.17, 15) is 4.79 Å². The van der Waals surface area contributed by atoms with Crippen LogP contribution in [0.4, 0.5) is 0 Å². The molecular formula is C10H18O2. The van der Waals surface area contributed by atoms with Gasteiger partial charge in [-0.15, -0.1) is 0 Å². The van der Waals surface area contributed by atoms with Gasteiger partial charge in [0, 0.05) is 0 Å². The van der Waals surface area contributed by atoms with E-state index in [1.165, 1.54) is 0 Å². The summed E-state index contributed by atoms with van der Waals surface area (Å²) in [4.78, 5) is 10.4. The van der Waals surface area contributed by atoms with Crippen LogP contribution < -0.4 is 0 Å². The molecule has 0 spiro atoms. The predicted molar refractivity (Wildman–Crippen MR) is 50.1 cm³/mol. The monoisotopic (exact) mass is 170 g/mol. The highest BCUT2D eigenvalue weighted by atomic mass is 16.4. The van der Waals surface area contributed by atoms with Gasteiger partial charge in [0.05, 0.1) is 6.42 Å². The number of allylic oxidation sites excluding steroid dienone is 2. The highest BCUT2D eigenvalue weighted by molar-refractivity contribution is 5.67. The SMILES string of the molecule is C/C=C/CCC(C)(C)CC(=O)O. The molecule has 0 heterocycles. The molecule has 0 radical (unpaired) electrons. The number of rotatable bonds is 5. The summed E-state index contributed by atoms with van der Waals surface area (Å²) in [7, 11) is 0. The Morgan fingerprint density at radius 3 is 2.50 bits per heavy atom. The van der Waals surface area contributed by atoms with Crippen molar-refractivity contribution < 1.29 is 9.90 Å². The molecule has 0 saturated carbocycles. The van der Waals surface area contributed by atoms with Gasteiger partial charge < -0.3 is 5.11 Å². The number of carbonyl (C=O) groups is 1. The fourth-order valence-electron chi connectivity index (χ4n) is 1.14. The van der Waals surface area contributed by atoms with Gasteiger partial charge in [0.15, 0.2) is 0 Å². The third-order valence-electron chi connectivity index (χ3n) is 1.85. The van der Waals surface area contributed by atoms with Crippen LogP contribution in [0.15, 0.2) is 12.2 Å². The Kier molecular flexibility index (Phi) is 4.64. The highest BCUT2D eigenvalue weighted by Crippen LogP contribution is 2.26. The van der Waals surface area contributed by atoms with E-state index in [1.807, 2.05) is 26.8 Å². The van der Waals surface area contributed by atoms with E-state index < -0.39 is 5.97 Å². The van der Waals surface area contributed by atoms with E-state index in [0.717, 1.165) is 12.8 Å². The van der Waals surface area contributed by atoms with Crippen LogP contribution in [-0.2, 0) is 4.79 Å². The average Bonchev–Trinajstić information content (AvgIpc) is 1.84. The molecule has 0 rings (SSSR count). The third kappa shape index (κ3) is 5.96. The second kappa shape index (κ2) is 4.96. The number of hydrogen-bond acceptors (Lipinski definition) is 1. The number of carboxylic acid groups (broad SMARTS) is 1. The van der Waals surface area contributed by atoms with Crippen molar-refractivity contribution in [2.75, 3.05) is 0 Å². The van der Waals surface area contributed by atoms with Gasteiger partial charge in [-0.2, -0.15) is 0 Å². The Bertz CT molecular complexity index is 169. The lowest BCUT2D eigenvalue weighted by Crippen LogP contribution is -2.16. The van der Waals surface area contributed by atoms with Crippen molar-refractivity contribution in [2.24, 2.45) is 5.41 Å². The van der Waals surface area contributed by atoms with Crippen LogP contribution in [0, 0.1) is 5.41 Å². The molecule has 0 atom stereocenters. The van der Waals surface area contributed by atoms with Crippen LogP contribution in [0.2, 0.25) is 0 Å². The highest BCUT2D eigenvalue weighted by Gasteiger charge is 2.20. The molecule has 0 saturated heterocycles. The lowest BCUT2D eigenvalue weighted by molar-refractivity contribution is -0.139. The van der Waals surface area contributed by atoms with Crippen LogP contribution >= 0.6 is 0 Å². The lowest BCUT2D eigenvalue weighted by Gasteiger charge is -2.20. The molecule has 0 amide bonds. The van der Waals surface area contributed by atoms with Crippen molar-refractivity contribution >= 4 is 5.97 Å². The Labute approximate surface area is 74.3 Å². The molecule has 0 aliphatic heterocycles. The Morgan fingerprint density at radius 2 is 2.08 bits per heavy atom. The van der Waals surface area contributed by atoms with Crippen molar-refractivity contribution in [1.29, 1.82) is 0 Å². The van der Waals surface area contributed by atoms with Crippen molar-refractivity contribution in [3.63, 3.8) is 0 Å².